The average molecular weight is 322 g/mol. The Morgan fingerprint density at radius 3 is 2.79 bits per heavy atom. The van der Waals surface area contributed by atoms with Gasteiger partial charge in [-0.1, -0.05) is 13.0 Å². The fourth-order valence-electron chi connectivity index (χ4n) is 2.85. The lowest BCUT2D eigenvalue weighted by molar-refractivity contribution is 0.584. The summed E-state index contributed by atoms with van der Waals surface area (Å²) in [6.07, 6.45) is 8.05. The van der Waals surface area contributed by atoms with Gasteiger partial charge in [-0.15, -0.1) is 0 Å². The summed E-state index contributed by atoms with van der Waals surface area (Å²) >= 11 is 0. The third-order valence-corrected chi connectivity index (χ3v) is 3.90. The molecule has 0 aliphatic heterocycles. The summed E-state index contributed by atoms with van der Waals surface area (Å²) in [5, 5.41) is 0. The second-order valence-electron chi connectivity index (χ2n) is 5.37. The summed E-state index contributed by atoms with van der Waals surface area (Å²) in [6.45, 7) is 2.61. The first kappa shape index (κ1) is 14.5. The Labute approximate surface area is 137 Å². The van der Waals surface area contributed by atoms with Crippen LogP contribution in [0.5, 0.6) is 0 Å². The predicted octanol–water partition coefficient (Wildman–Crippen LogP) is 2.74. The van der Waals surface area contributed by atoms with Crippen LogP contribution in [0.4, 0.5) is 4.39 Å². The molecule has 4 aromatic heterocycles. The summed E-state index contributed by atoms with van der Waals surface area (Å²) in [7, 11) is 0. The van der Waals surface area contributed by atoms with Crippen molar-refractivity contribution < 1.29 is 4.39 Å². The molecule has 120 valence electrons. The van der Waals surface area contributed by atoms with Crippen LogP contribution in [0.1, 0.15) is 18.3 Å². The monoisotopic (exact) mass is 322 g/mol. The smallest absolute Gasteiger partial charge is 0.234 e. The largest absolute Gasteiger partial charge is 0.324 e. The highest BCUT2D eigenvalue weighted by Crippen LogP contribution is 2.19. The Bertz CT molecular complexity index is 1000. The highest BCUT2D eigenvalue weighted by atomic mass is 19.1. The van der Waals surface area contributed by atoms with Crippen molar-refractivity contribution in [2.45, 2.75) is 19.9 Å². The second kappa shape index (κ2) is 5.84. The molecule has 24 heavy (non-hydrogen) atoms. The van der Waals surface area contributed by atoms with Crippen LogP contribution in [0.3, 0.4) is 0 Å². The van der Waals surface area contributed by atoms with E-state index in [9.17, 15) is 4.39 Å². The minimum atomic E-state index is -0.520. The lowest BCUT2D eigenvalue weighted by atomic mass is 10.2. The normalized spacial score (nSPS) is 11.2. The fourth-order valence-corrected chi connectivity index (χ4v) is 2.85. The van der Waals surface area contributed by atoms with Crippen LogP contribution in [0, 0.1) is 5.95 Å². The van der Waals surface area contributed by atoms with E-state index >= 15 is 0 Å². The molecule has 0 saturated carbocycles. The molecule has 0 aromatic carbocycles. The van der Waals surface area contributed by atoms with Crippen molar-refractivity contribution >= 4 is 5.78 Å². The summed E-state index contributed by atoms with van der Waals surface area (Å²) in [4.78, 5) is 17.1. The third-order valence-electron chi connectivity index (χ3n) is 3.90. The van der Waals surface area contributed by atoms with E-state index in [0.29, 0.717) is 23.8 Å². The molecule has 6 nitrogen and oxygen atoms in total. The van der Waals surface area contributed by atoms with Gasteiger partial charge >= 0.3 is 0 Å². The molecular formula is C17H15FN6. The van der Waals surface area contributed by atoms with Crippen LogP contribution in [0.25, 0.3) is 17.3 Å². The van der Waals surface area contributed by atoms with E-state index < -0.39 is 5.95 Å². The molecule has 0 atom stereocenters. The van der Waals surface area contributed by atoms with E-state index in [0.717, 1.165) is 17.8 Å². The molecule has 0 radical (unpaired) electrons. The molecule has 0 aliphatic carbocycles. The van der Waals surface area contributed by atoms with Gasteiger partial charge in [-0.3, -0.25) is 4.40 Å². The maximum Gasteiger partial charge on any atom is 0.234 e. The van der Waals surface area contributed by atoms with Crippen molar-refractivity contribution in [3.05, 3.63) is 66.4 Å². The maximum atomic E-state index is 13.4. The van der Waals surface area contributed by atoms with E-state index in [1.54, 1.807) is 24.5 Å². The molecule has 0 N–H and O–H groups in total. The van der Waals surface area contributed by atoms with Gasteiger partial charge in [0, 0.05) is 30.5 Å². The molecule has 0 spiro atoms. The van der Waals surface area contributed by atoms with Gasteiger partial charge in [0.15, 0.2) is 5.82 Å². The van der Waals surface area contributed by atoms with E-state index in [1.165, 1.54) is 6.07 Å². The quantitative estimate of drug-likeness (QED) is 0.542. The summed E-state index contributed by atoms with van der Waals surface area (Å²) in [5.41, 5.74) is 2.52. The Morgan fingerprint density at radius 2 is 1.96 bits per heavy atom. The number of hydrogen-bond acceptors (Lipinski definition) is 4. The lowest BCUT2D eigenvalue weighted by Crippen LogP contribution is -2.05. The number of halogens is 1. The number of aryl methyl sites for hydroxylation is 1. The van der Waals surface area contributed by atoms with Crippen molar-refractivity contribution in [2.24, 2.45) is 0 Å². The molecule has 0 saturated heterocycles. The highest BCUT2D eigenvalue weighted by molar-refractivity contribution is 5.49. The van der Waals surface area contributed by atoms with Gasteiger partial charge in [-0.05, 0) is 24.6 Å². The number of imidazole rings is 2. The molecule has 7 heteroatoms. The molecule has 0 bridgehead atoms. The molecular weight excluding hydrogens is 307 g/mol. The minimum absolute atomic E-state index is 0.500. The standard InChI is InChI=1S/C17H15FN6/c1-2-14-13(22-17-20-7-4-9-24(14)17)11-23-10-8-19-16(23)12-5-3-6-15(18)21-12/h3-10H,2,11H2,1H3. The van der Waals surface area contributed by atoms with Crippen molar-refractivity contribution in [1.29, 1.82) is 0 Å². The van der Waals surface area contributed by atoms with E-state index in [1.807, 2.05) is 27.4 Å². The molecule has 4 rings (SSSR count). The first-order valence-corrected chi connectivity index (χ1v) is 7.71. The van der Waals surface area contributed by atoms with E-state index in [2.05, 4.69) is 26.9 Å². The topological polar surface area (TPSA) is 60.9 Å². The molecule has 0 aliphatic rings. The van der Waals surface area contributed by atoms with Crippen molar-refractivity contribution in [1.82, 2.24) is 28.9 Å². The van der Waals surface area contributed by atoms with Gasteiger partial charge in [0.25, 0.3) is 0 Å². The van der Waals surface area contributed by atoms with Gasteiger partial charge < -0.3 is 4.57 Å². The molecule has 0 fully saturated rings. The average Bonchev–Trinajstić information content (AvgIpc) is 3.19. The number of aromatic nitrogens is 6. The van der Waals surface area contributed by atoms with Crippen LogP contribution in [-0.4, -0.2) is 28.9 Å². The second-order valence-corrected chi connectivity index (χ2v) is 5.37. The van der Waals surface area contributed by atoms with Gasteiger partial charge in [0.2, 0.25) is 11.7 Å². The molecule has 4 aromatic rings. The number of hydrogen-bond donors (Lipinski definition) is 0. The maximum absolute atomic E-state index is 13.4. The fraction of sp³-hybridized carbons (Fsp3) is 0.176. The molecule has 4 heterocycles. The van der Waals surface area contributed by atoms with Gasteiger partial charge in [0.05, 0.1) is 12.2 Å². The Morgan fingerprint density at radius 1 is 1.04 bits per heavy atom. The lowest BCUT2D eigenvalue weighted by Gasteiger charge is -2.07. The van der Waals surface area contributed by atoms with Crippen LogP contribution < -0.4 is 0 Å². The predicted molar refractivity (Wildman–Crippen MR) is 86.9 cm³/mol. The number of pyridine rings is 1. The zero-order valence-electron chi connectivity index (χ0n) is 13.1. The van der Waals surface area contributed by atoms with Crippen molar-refractivity contribution in [3.8, 4) is 11.5 Å². The van der Waals surface area contributed by atoms with Crippen LogP contribution >= 0.6 is 0 Å². The summed E-state index contributed by atoms with van der Waals surface area (Å²) < 4.78 is 17.3. The van der Waals surface area contributed by atoms with Gasteiger partial charge in [-0.25, -0.2) is 19.9 Å². The Balaban J connectivity index is 1.76. The summed E-state index contributed by atoms with van der Waals surface area (Å²) in [5.74, 6) is 0.768. The highest BCUT2D eigenvalue weighted by Gasteiger charge is 2.14. The van der Waals surface area contributed by atoms with Crippen LogP contribution in [0.2, 0.25) is 0 Å². The van der Waals surface area contributed by atoms with E-state index in [-0.39, 0.29) is 0 Å². The third kappa shape index (κ3) is 2.44. The van der Waals surface area contributed by atoms with E-state index in [4.69, 9.17) is 0 Å². The van der Waals surface area contributed by atoms with Crippen molar-refractivity contribution in [3.63, 3.8) is 0 Å². The number of nitrogens with zero attached hydrogens (tertiary/aromatic N) is 6. The Kier molecular flexibility index (Phi) is 3.53. The van der Waals surface area contributed by atoms with Crippen LogP contribution in [-0.2, 0) is 13.0 Å². The zero-order chi connectivity index (χ0) is 16.5. The first-order valence-electron chi connectivity index (χ1n) is 7.71. The Hall–Kier alpha value is -3.09. The van der Waals surface area contributed by atoms with Crippen molar-refractivity contribution in [2.75, 3.05) is 0 Å². The van der Waals surface area contributed by atoms with Crippen LogP contribution in [0.15, 0.2) is 49.1 Å². The molecule has 0 amide bonds. The molecule has 0 unspecified atom stereocenters. The number of fused-ring (bicyclic) bond motifs is 1. The first-order chi connectivity index (χ1) is 11.8. The number of rotatable bonds is 4. The van der Waals surface area contributed by atoms with Gasteiger partial charge in [-0.2, -0.15) is 4.39 Å². The zero-order valence-corrected chi connectivity index (χ0v) is 13.1. The summed E-state index contributed by atoms with van der Waals surface area (Å²) in [6, 6.07) is 6.58. The minimum Gasteiger partial charge on any atom is -0.324 e. The SMILES string of the molecule is CCc1c(Cn2ccnc2-c2cccc(F)n2)nc2ncccn12. The van der Waals surface area contributed by atoms with Gasteiger partial charge in [0.1, 0.15) is 5.69 Å².